The minimum absolute atomic E-state index is 0.188. The van der Waals surface area contributed by atoms with Gasteiger partial charge < -0.3 is 4.74 Å². The molecule has 0 saturated carbocycles. The molecule has 3 nitrogen and oxygen atoms in total. The van der Waals surface area contributed by atoms with Gasteiger partial charge in [-0.2, -0.15) is 0 Å². The van der Waals surface area contributed by atoms with Crippen molar-refractivity contribution in [3.63, 3.8) is 0 Å². The standard InChI is InChI=1S/C13H19NO2/c1-11-6-4-5-7-12(11)8-9-14(2)10-13(15)16-3/h4-7H,8-10H2,1-3H3. The number of rotatable bonds is 5. The van der Waals surface area contributed by atoms with Crippen LogP contribution < -0.4 is 0 Å². The minimum Gasteiger partial charge on any atom is -0.468 e. The summed E-state index contributed by atoms with van der Waals surface area (Å²) in [7, 11) is 3.34. The van der Waals surface area contributed by atoms with Gasteiger partial charge in [0, 0.05) is 6.54 Å². The molecule has 0 aliphatic heterocycles. The first-order chi connectivity index (χ1) is 7.63. The molecule has 0 saturated heterocycles. The number of nitrogens with zero attached hydrogens (tertiary/aromatic N) is 1. The Bertz CT molecular complexity index is 350. The van der Waals surface area contributed by atoms with Gasteiger partial charge >= 0.3 is 5.97 Å². The van der Waals surface area contributed by atoms with E-state index in [1.807, 2.05) is 24.1 Å². The second kappa shape index (κ2) is 6.28. The summed E-state index contributed by atoms with van der Waals surface area (Å²) in [5.41, 5.74) is 2.63. The highest BCUT2D eigenvalue weighted by Gasteiger charge is 2.06. The van der Waals surface area contributed by atoms with E-state index < -0.39 is 0 Å². The third-order valence-corrected chi connectivity index (χ3v) is 2.65. The molecule has 0 aliphatic rings. The molecule has 3 heteroatoms. The number of ether oxygens (including phenoxy) is 1. The van der Waals surface area contributed by atoms with Crippen LogP contribution in [0.4, 0.5) is 0 Å². The summed E-state index contributed by atoms with van der Waals surface area (Å²) in [4.78, 5) is 13.0. The summed E-state index contributed by atoms with van der Waals surface area (Å²) in [6.07, 6.45) is 0.958. The molecule has 0 radical (unpaired) electrons. The van der Waals surface area contributed by atoms with Crippen molar-refractivity contribution in [3.8, 4) is 0 Å². The fraction of sp³-hybridized carbons (Fsp3) is 0.462. The quantitative estimate of drug-likeness (QED) is 0.708. The summed E-state index contributed by atoms with van der Waals surface area (Å²) in [5, 5.41) is 0. The molecule has 0 fully saturated rings. The first-order valence-electron chi connectivity index (χ1n) is 5.43. The van der Waals surface area contributed by atoms with Gasteiger partial charge in [0.25, 0.3) is 0 Å². The van der Waals surface area contributed by atoms with E-state index >= 15 is 0 Å². The molecule has 0 spiro atoms. The van der Waals surface area contributed by atoms with Crippen molar-refractivity contribution in [3.05, 3.63) is 35.4 Å². The van der Waals surface area contributed by atoms with Crippen LogP contribution in [0.3, 0.4) is 0 Å². The Morgan fingerprint density at radius 1 is 1.38 bits per heavy atom. The van der Waals surface area contributed by atoms with Gasteiger partial charge in [0.1, 0.15) is 0 Å². The molecular weight excluding hydrogens is 202 g/mol. The Kier molecular flexibility index (Phi) is 4.99. The van der Waals surface area contributed by atoms with Crippen molar-refractivity contribution in [1.29, 1.82) is 0 Å². The maximum Gasteiger partial charge on any atom is 0.319 e. The fourth-order valence-electron chi connectivity index (χ4n) is 1.57. The zero-order valence-electron chi connectivity index (χ0n) is 10.2. The Labute approximate surface area is 97.0 Å². The van der Waals surface area contributed by atoms with E-state index in [1.165, 1.54) is 18.2 Å². The molecular formula is C13H19NO2. The Balaban J connectivity index is 2.40. The van der Waals surface area contributed by atoms with Gasteiger partial charge in [0.15, 0.2) is 0 Å². The lowest BCUT2D eigenvalue weighted by molar-refractivity contribution is -0.141. The lowest BCUT2D eigenvalue weighted by atomic mass is 10.1. The Morgan fingerprint density at radius 2 is 2.06 bits per heavy atom. The van der Waals surface area contributed by atoms with E-state index in [2.05, 4.69) is 23.8 Å². The lowest BCUT2D eigenvalue weighted by Gasteiger charge is -2.15. The molecule has 0 heterocycles. The predicted octanol–water partition coefficient (Wildman–Crippen LogP) is 1.64. The smallest absolute Gasteiger partial charge is 0.319 e. The summed E-state index contributed by atoms with van der Waals surface area (Å²) in [5.74, 6) is -0.188. The van der Waals surface area contributed by atoms with Crippen LogP contribution >= 0.6 is 0 Å². The summed E-state index contributed by atoms with van der Waals surface area (Å²) in [6, 6.07) is 8.32. The number of carbonyl (C=O) groups excluding carboxylic acids is 1. The highest BCUT2D eigenvalue weighted by Crippen LogP contribution is 2.07. The number of hydrogen-bond acceptors (Lipinski definition) is 3. The largest absolute Gasteiger partial charge is 0.468 e. The van der Waals surface area contributed by atoms with Crippen LogP contribution in [0.2, 0.25) is 0 Å². The van der Waals surface area contributed by atoms with Gasteiger partial charge in [-0.05, 0) is 31.5 Å². The van der Waals surface area contributed by atoms with E-state index in [-0.39, 0.29) is 5.97 Å². The van der Waals surface area contributed by atoms with Crippen molar-refractivity contribution in [1.82, 2.24) is 4.90 Å². The van der Waals surface area contributed by atoms with Gasteiger partial charge in [-0.3, -0.25) is 9.69 Å². The average molecular weight is 221 g/mol. The van der Waals surface area contributed by atoms with Gasteiger partial charge in [0.2, 0.25) is 0 Å². The maximum absolute atomic E-state index is 11.0. The summed E-state index contributed by atoms with van der Waals surface area (Å²) >= 11 is 0. The van der Waals surface area contributed by atoms with Crippen LogP contribution in [0.1, 0.15) is 11.1 Å². The fourth-order valence-corrected chi connectivity index (χ4v) is 1.57. The molecule has 0 N–H and O–H groups in total. The van der Waals surface area contributed by atoms with Crippen LogP contribution in [0.15, 0.2) is 24.3 Å². The first kappa shape index (κ1) is 12.7. The Hall–Kier alpha value is -1.35. The summed E-state index contributed by atoms with van der Waals surface area (Å²) in [6.45, 7) is 3.32. The van der Waals surface area contributed by atoms with E-state index in [0.717, 1.165) is 13.0 Å². The number of likely N-dealkylation sites (N-methyl/N-ethyl adjacent to an activating group) is 1. The van der Waals surface area contributed by atoms with E-state index in [9.17, 15) is 4.79 Å². The highest BCUT2D eigenvalue weighted by atomic mass is 16.5. The van der Waals surface area contributed by atoms with Gasteiger partial charge in [-0.15, -0.1) is 0 Å². The highest BCUT2D eigenvalue weighted by molar-refractivity contribution is 5.71. The number of esters is 1. The molecule has 1 aromatic carbocycles. The molecule has 0 unspecified atom stereocenters. The van der Waals surface area contributed by atoms with Gasteiger partial charge in [0.05, 0.1) is 13.7 Å². The number of benzene rings is 1. The molecule has 1 rings (SSSR count). The summed E-state index contributed by atoms with van der Waals surface area (Å²) < 4.78 is 4.62. The van der Waals surface area contributed by atoms with Crippen molar-refractivity contribution in [2.45, 2.75) is 13.3 Å². The number of aryl methyl sites for hydroxylation is 1. The van der Waals surface area contributed by atoms with E-state index in [0.29, 0.717) is 6.54 Å². The van der Waals surface area contributed by atoms with Crippen molar-refractivity contribution >= 4 is 5.97 Å². The molecule has 1 aromatic rings. The van der Waals surface area contributed by atoms with Gasteiger partial charge in [-0.1, -0.05) is 24.3 Å². The zero-order valence-corrected chi connectivity index (χ0v) is 10.2. The topological polar surface area (TPSA) is 29.5 Å². The molecule has 0 aromatic heterocycles. The number of hydrogen-bond donors (Lipinski definition) is 0. The van der Waals surface area contributed by atoms with E-state index in [4.69, 9.17) is 0 Å². The molecule has 16 heavy (non-hydrogen) atoms. The van der Waals surface area contributed by atoms with Crippen LogP contribution in [0, 0.1) is 6.92 Å². The first-order valence-corrected chi connectivity index (χ1v) is 5.43. The van der Waals surface area contributed by atoms with Crippen LogP contribution in [0.5, 0.6) is 0 Å². The second-order valence-corrected chi connectivity index (χ2v) is 3.99. The van der Waals surface area contributed by atoms with Crippen molar-refractivity contribution in [2.75, 3.05) is 27.2 Å². The SMILES string of the molecule is COC(=O)CN(C)CCc1ccccc1C. The predicted molar refractivity (Wildman–Crippen MR) is 64.4 cm³/mol. The second-order valence-electron chi connectivity index (χ2n) is 3.99. The zero-order chi connectivity index (χ0) is 12.0. The number of methoxy groups -OCH3 is 1. The average Bonchev–Trinajstić information content (AvgIpc) is 2.28. The van der Waals surface area contributed by atoms with Gasteiger partial charge in [-0.25, -0.2) is 0 Å². The molecule has 0 aliphatic carbocycles. The van der Waals surface area contributed by atoms with Crippen molar-refractivity contribution < 1.29 is 9.53 Å². The molecule has 88 valence electrons. The van der Waals surface area contributed by atoms with Crippen LogP contribution in [0.25, 0.3) is 0 Å². The van der Waals surface area contributed by atoms with Crippen molar-refractivity contribution in [2.24, 2.45) is 0 Å². The van der Waals surface area contributed by atoms with Crippen LogP contribution in [-0.2, 0) is 16.0 Å². The van der Waals surface area contributed by atoms with Crippen LogP contribution in [-0.4, -0.2) is 38.1 Å². The third kappa shape index (κ3) is 4.03. The molecule has 0 amide bonds. The normalized spacial score (nSPS) is 10.5. The minimum atomic E-state index is -0.188. The Morgan fingerprint density at radius 3 is 2.69 bits per heavy atom. The lowest BCUT2D eigenvalue weighted by Crippen LogP contribution is -2.28. The van der Waals surface area contributed by atoms with E-state index in [1.54, 1.807) is 0 Å². The third-order valence-electron chi connectivity index (χ3n) is 2.65. The monoisotopic (exact) mass is 221 g/mol. The molecule has 0 bridgehead atoms. The molecule has 0 atom stereocenters. The number of carbonyl (C=O) groups is 1. The maximum atomic E-state index is 11.0.